The van der Waals surface area contributed by atoms with Gasteiger partial charge in [-0.05, 0) is 31.4 Å². The lowest BCUT2D eigenvalue weighted by Gasteiger charge is -2.35. The van der Waals surface area contributed by atoms with Gasteiger partial charge in [-0.1, -0.05) is 35.5 Å². The third kappa shape index (κ3) is 3.71. The van der Waals surface area contributed by atoms with Gasteiger partial charge in [-0.15, -0.1) is 0 Å². The largest absolute Gasteiger partial charge is 0.409 e. The number of rotatable bonds is 6. The van der Waals surface area contributed by atoms with Gasteiger partial charge < -0.3 is 20.9 Å². The van der Waals surface area contributed by atoms with Crippen LogP contribution in [0.25, 0.3) is 0 Å². The van der Waals surface area contributed by atoms with Crippen LogP contribution in [-0.2, 0) is 0 Å². The average molecular weight is 277 g/mol. The molecule has 0 bridgehead atoms. The second kappa shape index (κ2) is 6.72. The summed E-state index contributed by atoms with van der Waals surface area (Å²) in [6, 6.07) is 9.84. The van der Waals surface area contributed by atoms with Gasteiger partial charge in [0.2, 0.25) is 0 Å². The summed E-state index contributed by atoms with van der Waals surface area (Å²) >= 11 is 0. The molecule has 0 spiro atoms. The monoisotopic (exact) mass is 277 g/mol. The summed E-state index contributed by atoms with van der Waals surface area (Å²) in [6.07, 6.45) is 1.63. The Morgan fingerprint density at radius 3 is 2.60 bits per heavy atom. The minimum absolute atomic E-state index is 0.115. The van der Waals surface area contributed by atoms with Crippen LogP contribution in [0, 0.1) is 5.92 Å². The van der Waals surface area contributed by atoms with E-state index in [0.29, 0.717) is 12.5 Å². The summed E-state index contributed by atoms with van der Waals surface area (Å²) < 4.78 is 0. The van der Waals surface area contributed by atoms with Crippen molar-refractivity contribution in [1.29, 1.82) is 0 Å². The number of nitrogens with two attached hydrogens (primary N) is 1. The van der Waals surface area contributed by atoms with Crippen LogP contribution in [0.2, 0.25) is 0 Å². The molecular formula is C15H23N3O2. The standard InChI is InChI=1S/C15H23N3O2/c1-18(9-11-7-13(19)8-11)10-14(15(16)17-20)12-5-3-2-4-6-12/h2-6,11,13-14,19-20H,7-10H2,1H3,(H2,16,17). The molecule has 110 valence electrons. The van der Waals surface area contributed by atoms with Gasteiger partial charge in [-0.3, -0.25) is 0 Å². The summed E-state index contributed by atoms with van der Waals surface area (Å²) in [5.41, 5.74) is 6.87. The van der Waals surface area contributed by atoms with Crippen molar-refractivity contribution >= 4 is 5.84 Å². The lowest BCUT2D eigenvalue weighted by atomic mass is 9.82. The van der Waals surface area contributed by atoms with Gasteiger partial charge in [0.1, 0.15) is 5.84 Å². The molecule has 1 aromatic rings. The van der Waals surface area contributed by atoms with Gasteiger partial charge in [-0.25, -0.2) is 0 Å². The zero-order valence-electron chi connectivity index (χ0n) is 11.8. The van der Waals surface area contributed by atoms with Crippen LogP contribution in [0.4, 0.5) is 0 Å². The zero-order valence-corrected chi connectivity index (χ0v) is 11.8. The van der Waals surface area contributed by atoms with Gasteiger partial charge in [0.15, 0.2) is 0 Å². The molecule has 1 aliphatic rings. The first kappa shape index (κ1) is 14.8. The maximum Gasteiger partial charge on any atom is 0.147 e. The molecule has 0 heterocycles. The van der Waals surface area contributed by atoms with Crippen molar-refractivity contribution in [3.05, 3.63) is 35.9 Å². The molecule has 4 N–H and O–H groups in total. The van der Waals surface area contributed by atoms with Crippen molar-refractivity contribution < 1.29 is 10.3 Å². The fourth-order valence-electron chi connectivity index (χ4n) is 2.80. The van der Waals surface area contributed by atoms with Crippen molar-refractivity contribution in [1.82, 2.24) is 4.90 Å². The molecule has 2 rings (SSSR count). The number of likely N-dealkylation sites (N-methyl/N-ethyl adjacent to an activating group) is 1. The number of aliphatic hydroxyl groups is 1. The maximum atomic E-state index is 9.33. The fraction of sp³-hybridized carbons (Fsp3) is 0.533. The van der Waals surface area contributed by atoms with Gasteiger partial charge in [0.25, 0.3) is 0 Å². The Morgan fingerprint density at radius 1 is 1.40 bits per heavy atom. The van der Waals surface area contributed by atoms with Crippen LogP contribution < -0.4 is 5.73 Å². The summed E-state index contributed by atoms with van der Waals surface area (Å²) in [5, 5.41) is 21.5. The molecule has 0 radical (unpaired) electrons. The van der Waals surface area contributed by atoms with Gasteiger partial charge >= 0.3 is 0 Å². The second-order valence-electron chi connectivity index (χ2n) is 5.70. The molecule has 0 aromatic heterocycles. The van der Waals surface area contributed by atoms with E-state index < -0.39 is 0 Å². The third-order valence-electron chi connectivity index (χ3n) is 3.95. The van der Waals surface area contributed by atoms with Crippen LogP contribution in [0.3, 0.4) is 0 Å². The van der Waals surface area contributed by atoms with Crippen molar-refractivity contribution in [2.24, 2.45) is 16.8 Å². The van der Waals surface area contributed by atoms with Gasteiger partial charge in [0, 0.05) is 13.1 Å². The molecule has 1 aliphatic carbocycles. The highest BCUT2D eigenvalue weighted by Gasteiger charge is 2.29. The molecule has 20 heavy (non-hydrogen) atoms. The van der Waals surface area contributed by atoms with E-state index in [4.69, 9.17) is 10.9 Å². The molecule has 1 saturated carbocycles. The number of oxime groups is 1. The Morgan fingerprint density at radius 2 is 2.05 bits per heavy atom. The Labute approximate surface area is 119 Å². The number of amidine groups is 1. The third-order valence-corrected chi connectivity index (χ3v) is 3.95. The van der Waals surface area contributed by atoms with E-state index in [1.54, 1.807) is 0 Å². The molecular weight excluding hydrogens is 254 g/mol. The van der Waals surface area contributed by atoms with E-state index in [2.05, 4.69) is 10.1 Å². The van der Waals surface area contributed by atoms with Crippen LogP contribution in [0.15, 0.2) is 35.5 Å². The fourth-order valence-corrected chi connectivity index (χ4v) is 2.80. The molecule has 0 saturated heterocycles. The highest BCUT2D eigenvalue weighted by atomic mass is 16.4. The van der Waals surface area contributed by atoms with Gasteiger partial charge in [-0.2, -0.15) is 0 Å². The normalized spacial score (nSPS) is 24.4. The molecule has 5 heteroatoms. The SMILES string of the molecule is CN(CC1CC(O)C1)CC(C(N)=NO)c1ccccc1. The maximum absolute atomic E-state index is 9.33. The van der Waals surface area contributed by atoms with Crippen molar-refractivity contribution in [2.75, 3.05) is 20.1 Å². The van der Waals surface area contributed by atoms with Crippen LogP contribution >= 0.6 is 0 Å². The number of nitrogens with zero attached hydrogens (tertiary/aromatic N) is 2. The Balaban J connectivity index is 1.97. The predicted molar refractivity (Wildman–Crippen MR) is 78.8 cm³/mol. The van der Waals surface area contributed by atoms with Crippen LogP contribution in [-0.4, -0.2) is 47.3 Å². The summed E-state index contributed by atoms with van der Waals surface area (Å²) in [5.74, 6) is 0.673. The lowest BCUT2D eigenvalue weighted by molar-refractivity contribution is 0.0282. The highest BCUT2D eigenvalue weighted by molar-refractivity contribution is 5.87. The topological polar surface area (TPSA) is 82.1 Å². The van der Waals surface area contributed by atoms with E-state index in [9.17, 15) is 5.11 Å². The number of benzene rings is 1. The van der Waals surface area contributed by atoms with Crippen molar-refractivity contribution in [3.63, 3.8) is 0 Å². The van der Waals surface area contributed by atoms with Gasteiger partial charge in [0.05, 0.1) is 12.0 Å². The zero-order chi connectivity index (χ0) is 14.5. The number of hydrogen-bond acceptors (Lipinski definition) is 4. The molecule has 0 aliphatic heterocycles. The van der Waals surface area contributed by atoms with E-state index in [0.717, 1.165) is 24.9 Å². The predicted octanol–water partition coefficient (Wildman–Crippen LogP) is 1.22. The van der Waals surface area contributed by atoms with Crippen LogP contribution in [0.1, 0.15) is 24.3 Å². The first-order valence-electron chi connectivity index (χ1n) is 6.99. The molecule has 1 aromatic carbocycles. The number of hydrogen-bond donors (Lipinski definition) is 3. The second-order valence-corrected chi connectivity index (χ2v) is 5.70. The Hall–Kier alpha value is -1.59. The molecule has 1 fully saturated rings. The van der Waals surface area contributed by atoms with E-state index in [1.165, 1.54) is 0 Å². The molecule has 1 unspecified atom stereocenters. The Bertz CT molecular complexity index is 444. The summed E-state index contributed by atoms with van der Waals surface area (Å²) in [7, 11) is 2.03. The van der Waals surface area contributed by atoms with E-state index >= 15 is 0 Å². The van der Waals surface area contributed by atoms with E-state index in [1.807, 2.05) is 37.4 Å². The van der Waals surface area contributed by atoms with Crippen molar-refractivity contribution in [2.45, 2.75) is 24.9 Å². The summed E-state index contributed by atoms with van der Waals surface area (Å²) in [4.78, 5) is 2.19. The average Bonchev–Trinajstić information content (AvgIpc) is 2.43. The van der Waals surface area contributed by atoms with E-state index in [-0.39, 0.29) is 17.9 Å². The molecule has 1 atom stereocenters. The van der Waals surface area contributed by atoms with Crippen LogP contribution in [0.5, 0.6) is 0 Å². The summed E-state index contributed by atoms with van der Waals surface area (Å²) in [6.45, 7) is 1.63. The number of aliphatic hydroxyl groups excluding tert-OH is 1. The lowest BCUT2D eigenvalue weighted by Crippen LogP contribution is -2.40. The minimum atomic E-state index is -0.123. The first-order chi connectivity index (χ1) is 9.60. The smallest absolute Gasteiger partial charge is 0.147 e. The van der Waals surface area contributed by atoms with Crippen molar-refractivity contribution in [3.8, 4) is 0 Å². The first-order valence-corrected chi connectivity index (χ1v) is 6.99. The highest BCUT2D eigenvalue weighted by Crippen LogP contribution is 2.28. The quantitative estimate of drug-likeness (QED) is 0.316. The Kier molecular flexibility index (Phi) is 4.98. The minimum Gasteiger partial charge on any atom is -0.409 e. The molecule has 5 nitrogen and oxygen atoms in total. The molecule has 0 amide bonds.